The molecule has 18 heavy (non-hydrogen) atoms. The van der Waals surface area contributed by atoms with E-state index in [0.29, 0.717) is 18.2 Å². The topological polar surface area (TPSA) is 62.2 Å². The van der Waals surface area contributed by atoms with Crippen LogP contribution in [0.25, 0.3) is 0 Å². The van der Waals surface area contributed by atoms with Gasteiger partial charge in [-0.2, -0.15) is 0 Å². The lowest BCUT2D eigenvalue weighted by atomic mass is 10.1. The third-order valence-corrected chi connectivity index (χ3v) is 4.21. The second-order valence-corrected chi connectivity index (χ2v) is 6.32. The summed E-state index contributed by atoms with van der Waals surface area (Å²) in [5, 5.41) is 14.7. The summed E-state index contributed by atoms with van der Waals surface area (Å²) in [5.74, 6) is 1.62. The molecule has 0 aromatic carbocycles. The van der Waals surface area contributed by atoms with Crippen LogP contribution in [0.3, 0.4) is 0 Å². The van der Waals surface area contributed by atoms with E-state index in [9.17, 15) is 4.79 Å². The quantitative estimate of drug-likeness (QED) is 0.766. The first-order valence-electron chi connectivity index (χ1n) is 5.98. The lowest BCUT2D eigenvalue weighted by Crippen LogP contribution is -2.30. The van der Waals surface area contributed by atoms with Crippen molar-refractivity contribution in [3.05, 3.63) is 16.1 Å². The Morgan fingerprint density at radius 3 is 3.06 bits per heavy atom. The number of hydrogen-bond acceptors (Lipinski definition) is 5. The number of aromatic nitrogens is 1. The Hall–Kier alpha value is -0.590. The van der Waals surface area contributed by atoms with Gasteiger partial charge < -0.3 is 10.4 Å². The summed E-state index contributed by atoms with van der Waals surface area (Å²) in [5.41, 5.74) is 1.05. The normalized spacial score (nSPS) is 12.4. The Bertz CT molecular complexity index is 369. The van der Waals surface area contributed by atoms with Crippen molar-refractivity contribution in [1.29, 1.82) is 0 Å². The van der Waals surface area contributed by atoms with Crippen LogP contribution in [-0.2, 0) is 10.5 Å². The summed E-state index contributed by atoms with van der Waals surface area (Å²) in [6.45, 7) is 4.81. The Morgan fingerprint density at radius 1 is 1.67 bits per heavy atom. The molecule has 4 nitrogen and oxygen atoms in total. The molecule has 6 heteroatoms. The van der Waals surface area contributed by atoms with E-state index in [4.69, 9.17) is 5.11 Å². The number of hydrogen-bond donors (Lipinski definition) is 2. The van der Waals surface area contributed by atoms with E-state index >= 15 is 0 Å². The van der Waals surface area contributed by atoms with Gasteiger partial charge in [0.05, 0.1) is 16.5 Å². The Balaban J connectivity index is 2.10. The van der Waals surface area contributed by atoms with Crippen LogP contribution in [0.15, 0.2) is 5.38 Å². The molecule has 1 atom stereocenters. The first kappa shape index (κ1) is 15.5. The van der Waals surface area contributed by atoms with Crippen LogP contribution in [0.1, 0.15) is 24.0 Å². The van der Waals surface area contributed by atoms with Crippen LogP contribution in [0.5, 0.6) is 0 Å². The van der Waals surface area contributed by atoms with E-state index in [1.54, 1.807) is 23.1 Å². The zero-order valence-corrected chi connectivity index (χ0v) is 12.4. The van der Waals surface area contributed by atoms with Gasteiger partial charge in [0, 0.05) is 24.3 Å². The van der Waals surface area contributed by atoms with Gasteiger partial charge in [-0.15, -0.1) is 23.1 Å². The second kappa shape index (κ2) is 8.50. The maximum Gasteiger partial charge on any atom is 0.230 e. The van der Waals surface area contributed by atoms with Gasteiger partial charge in [0.1, 0.15) is 0 Å². The highest BCUT2D eigenvalue weighted by atomic mass is 32.2. The predicted molar refractivity (Wildman–Crippen MR) is 76.9 cm³/mol. The minimum absolute atomic E-state index is 0.0525. The zero-order chi connectivity index (χ0) is 13.4. The second-order valence-electron chi connectivity index (χ2n) is 4.27. The summed E-state index contributed by atoms with van der Waals surface area (Å²) in [7, 11) is 0. The minimum atomic E-state index is 0.0525. The van der Waals surface area contributed by atoms with E-state index in [1.807, 2.05) is 19.2 Å². The standard InChI is InChI=1S/C12H20N2O2S2/c1-9(3-4-15)5-13-12(16)8-17-6-11-7-18-10(2)14-11/h7,9,15H,3-6,8H2,1-2H3,(H,13,16). The fraction of sp³-hybridized carbons (Fsp3) is 0.667. The van der Waals surface area contributed by atoms with Gasteiger partial charge in [0.25, 0.3) is 0 Å². The molecule has 0 saturated heterocycles. The van der Waals surface area contributed by atoms with Crippen molar-refractivity contribution in [2.24, 2.45) is 5.92 Å². The maximum absolute atomic E-state index is 11.5. The summed E-state index contributed by atoms with van der Waals surface area (Å²) in [4.78, 5) is 15.9. The monoisotopic (exact) mass is 288 g/mol. The molecule has 1 heterocycles. The van der Waals surface area contributed by atoms with Crippen LogP contribution in [0.2, 0.25) is 0 Å². The van der Waals surface area contributed by atoms with E-state index in [1.165, 1.54) is 0 Å². The van der Waals surface area contributed by atoms with Gasteiger partial charge >= 0.3 is 0 Å². The first-order chi connectivity index (χ1) is 8.61. The highest BCUT2D eigenvalue weighted by Gasteiger charge is 2.06. The Labute approximate surface area is 116 Å². The van der Waals surface area contributed by atoms with E-state index in [-0.39, 0.29) is 12.5 Å². The molecule has 0 aliphatic heterocycles. The highest BCUT2D eigenvalue weighted by molar-refractivity contribution is 7.99. The lowest BCUT2D eigenvalue weighted by Gasteiger charge is -2.10. The number of thioether (sulfide) groups is 1. The van der Waals surface area contributed by atoms with E-state index < -0.39 is 0 Å². The van der Waals surface area contributed by atoms with Crippen LogP contribution < -0.4 is 5.32 Å². The highest BCUT2D eigenvalue weighted by Crippen LogP contribution is 2.14. The van der Waals surface area contributed by atoms with Gasteiger partial charge in [-0.05, 0) is 19.3 Å². The molecule has 1 amide bonds. The number of aryl methyl sites for hydroxylation is 1. The fourth-order valence-electron chi connectivity index (χ4n) is 1.38. The molecule has 0 aliphatic rings. The van der Waals surface area contributed by atoms with Crippen LogP contribution in [0.4, 0.5) is 0 Å². The molecule has 0 bridgehead atoms. The third-order valence-electron chi connectivity index (χ3n) is 2.42. The number of thiazole rings is 1. The van der Waals surface area contributed by atoms with Crippen molar-refractivity contribution in [3.8, 4) is 0 Å². The van der Waals surface area contributed by atoms with Crippen molar-refractivity contribution in [1.82, 2.24) is 10.3 Å². The van der Waals surface area contributed by atoms with Crippen molar-refractivity contribution < 1.29 is 9.90 Å². The number of amides is 1. The lowest BCUT2D eigenvalue weighted by molar-refractivity contribution is -0.118. The summed E-state index contributed by atoms with van der Waals surface area (Å²) < 4.78 is 0. The largest absolute Gasteiger partial charge is 0.396 e. The van der Waals surface area contributed by atoms with Crippen LogP contribution in [-0.4, -0.2) is 34.9 Å². The summed E-state index contributed by atoms with van der Waals surface area (Å²) >= 11 is 3.21. The fourth-order valence-corrected chi connectivity index (χ4v) is 2.85. The number of nitrogens with one attached hydrogen (secondary N) is 1. The molecule has 1 unspecified atom stereocenters. The van der Waals surface area contributed by atoms with Crippen molar-refractivity contribution in [2.45, 2.75) is 26.0 Å². The van der Waals surface area contributed by atoms with Gasteiger partial charge in [-0.25, -0.2) is 4.98 Å². The summed E-state index contributed by atoms with van der Waals surface area (Å²) in [6.07, 6.45) is 0.728. The van der Waals surface area contributed by atoms with Gasteiger partial charge in [-0.1, -0.05) is 6.92 Å². The number of carbonyl (C=O) groups excluding carboxylic acids is 1. The van der Waals surface area contributed by atoms with Crippen molar-refractivity contribution in [3.63, 3.8) is 0 Å². The molecule has 102 valence electrons. The van der Waals surface area contributed by atoms with Gasteiger partial charge in [0.2, 0.25) is 5.91 Å². The smallest absolute Gasteiger partial charge is 0.230 e. The van der Waals surface area contributed by atoms with Crippen LogP contribution in [0, 0.1) is 12.8 Å². The SMILES string of the molecule is Cc1nc(CSCC(=O)NCC(C)CCO)cs1. The Kier molecular flexibility index (Phi) is 7.31. The number of nitrogens with zero attached hydrogens (tertiary/aromatic N) is 1. The van der Waals surface area contributed by atoms with Gasteiger partial charge in [-0.3, -0.25) is 4.79 Å². The molecule has 0 aliphatic carbocycles. The molecular formula is C12H20N2O2S2. The van der Waals surface area contributed by atoms with Gasteiger partial charge in [0.15, 0.2) is 0 Å². The van der Waals surface area contributed by atoms with Crippen LogP contribution >= 0.6 is 23.1 Å². The molecule has 1 rings (SSSR count). The predicted octanol–water partition coefficient (Wildman–Crippen LogP) is 1.82. The molecule has 1 aromatic rings. The van der Waals surface area contributed by atoms with E-state index in [2.05, 4.69) is 10.3 Å². The number of aliphatic hydroxyl groups excluding tert-OH is 1. The number of aliphatic hydroxyl groups is 1. The van der Waals surface area contributed by atoms with Crippen molar-refractivity contribution >= 4 is 29.0 Å². The van der Waals surface area contributed by atoms with Crippen molar-refractivity contribution in [2.75, 3.05) is 18.9 Å². The number of rotatable bonds is 8. The molecular weight excluding hydrogens is 268 g/mol. The third kappa shape index (κ3) is 6.37. The molecule has 0 fully saturated rings. The minimum Gasteiger partial charge on any atom is -0.396 e. The summed E-state index contributed by atoms with van der Waals surface area (Å²) in [6, 6.07) is 0. The molecule has 0 saturated carbocycles. The zero-order valence-electron chi connectivity index (χ0n) is 10.8. The molecule has 2 N–H and O–H groups in total. The first-order valence-corrected chi connectivity index (χ1v) is 8.01. The molecule has 0 spiro atoms. The maximum atomic E-state index is 11.5. The van der Waals surface area contributed by atoms with E-state index in [0.717, 1.165) is 22.9 Å². The number of carbonyl (C=O) groups is 1. The molecule has 1 aromatic heterocycles. The average Bonchev–Trinajstić information content (AvgIpc) is 2.73. The Morgan fingerprint density at radius 2 is 2.44 bits per heavy atom. The average molecular weight is 288 g/mol. The molecule has 0 radical (unpaired) electrons.